The van der Waals surface area contributed by atoms with E-state index in [2.05, 4.69) is 35.9 Å². The fraction of sp³-hybridized carbons (Fsp3) is 0.417. The number of pyridine rings is 1. The third-order valence-corrected chi connectivity index (χ3v) is 2.12. The lowest BCUT2D eigenvalue weighted by atomic mass is 10.2. The Morgan fingerprint density at radius 3 is 2.93 bits per heavy atom. The predicted octanol–water partition coefficient (Wildman–Crippen LogP) is 2.44. The molecule has 0 saturated carbocycles. The second-order valence-corrected chi connectivity index (χ2v) is 3.63. The van der Waals surface area contributed by atoms with Gasteiger partial charge in [0.25, 0.3) is 0 Å². The smallest absolute Gasteiger partial charge is 0.0541 e. The number of hydrogen-bond acceptors (Lipinski definition) is 2. The molecule has 1 atom stereocenters. The predicted molar refractivity (Wildman–Crippen MR) is 60.1 cm³/mol. The molecule has 76 valence electrons. The number of hydrogen-bond donors (Lipinski definition) is 1. The Hall–Kier alpha value is -1.15. The van der Waals surface area contributed by atoms with E-state index in [9.17, 15) is 0 Å². The van der Waals surface area contributed by atoms with Gasteiger partial charge in [0.2, 0.25) is 0 Å². The molecule has 0 aliphatic carbocycles. The van der Waals surface area contributed by atoms with Crippen LogP contribution in [0.4, 0.5) is 0 Å². The zero-order chi connectivity index (χ0) is 10.4. The van der Waals surface area contributed by atoms with Crippen molar-refractivity contribution in [3.05, 3.63) is 42.2 Å². The summed E-state index contributed by atoms with van der Waals surface area (Å²) in [6.07, 6.45) is 4.82. The van der Waals surface area contributed by atoms with Gasteiger partial charge in [0.15, 0.2) is 0 Å². The zero-order valence-electron chi connectivity index (χ0n) is 8.96. The SMILES string of the molecule is C=CCC(C)NCc1ccc(C)cn1. The first kappa shape index (κ1) is 10.9. The van der Waals surface area contributed by atoms with Gasteiger partial charge < -0.3 is 5.32 Å². The Morgan fingerprint density at radius 2 is 2.36 bits per heavy atom. The fourth-order valence-corrected chi connectivity index (χ4v) is 1.22. The normalized spacial score (nSPS) is 12.4. The van der Waals surface area contributed by atoms with Gasteiger partial charge in [-0.05, 0) is 31.9 Å². The van der Waals surface area contributed by atoms with E-state index < -0.39 is 0 Å². The molecule has 0 amide bonds. The van der Waals surface area contributed by atoms with Crippen LogP contribution in [-0.2, 0) is 6.54 Å². The maximum atomic E-state index is 4.32. The van der Waals surface area contributed by atoms with E-state index in [1.54, 1.807) is 0 Å². The van der Waals surface area contributed by atoms with Crippen molar-refractivity contribution in [2.75, 3.05) is 0 Å². The van der Waals surface area contributed by atoms with Gasteiger partial charge in [-0.3, -0.25) is 4.98 Å². The van der Waals surface area contributed by atoms with Gasteiger partial charge in [-0.1, -0.05) is 12.1 Å². The Balaban J connectivity index is 2.37. The van der Waals surface area contributed by atoms with Crippen LogP contribution in [0.1, 0.15) is 24.6 Å². The van der Waals surface area contributed by atoms with Gasteiger partial charge in [0.1, 0.15) is 0 Å². The van der Waals surface area contributed by atoms with Gasteiger partial charge in [-0.2, -0.15) is 0 Å². The Labute approximate surface area is 86.1 Å². The monoisotopic (exact) mass is 190 g/mol. The molecule has 1 aromatic heterocycles. The first-order chi connectivity index (χ1) is 6.72. The molecule has 0 spiro atoms. The first-order valence-corrected chi connectivity index (χ1v) is 4.98. The van der Waals surface area contributed by atoms with Crippen LogP contribution in [0.25, 0.3) is 0 Å². The molecule has 1 unspecified atom stereocenters. The highest BCUT2D eigenvalue weighted by molar-refractivity contribution is 5.11. The van der Waals surface area contributed by atoms with Gasteiger partial charge in [0.05, 0.1) is 5.69 Å². The molecule has 14 heavy (non-hydrogen) atoms. The van der Waals surface area contributed by atoms with E-state index in [0.29, 0.717) is 6.04 Å². The third-order valence-electron chi connectivity index (χ3n) is 2.12. The van der Waals surface area contributed by atoms with Crippen LogP contribution in [0.3, 0.4) is 0 Å². The lowest BCUT2D eigenvalue weighted by molar-refractivity contribution is 0.548. The van der Waals surface area contributed by atoms with E-state index in [0.717, 1.165) is 18.7 Å². The molecular formula is C12H18N2. The Morgan fingerprint density at radius 1 is 1.57 bits per heavy atom. The summed E-state index contributed by atoms with van der Waals surface area (Å²) in [5.41, 5.74) is 2.29. The number of aryl methyl sites for hydroxylation is 1. The van der Waals surface area contributed by atoms with E-state index >= 15 is 0 Å². The van der Waals surface area contributed by atoms with Crippen LogP contribution < -0.4 is 5.32 Å². The fourth-order valence-electron chi connectivity index (χ4n) is 1.22. The van der Waals surface area contributed by atoms with Gasteiger partial charge >= 0.3 is 0 Å². The molecule has 2 heteroatoms. The number of rotatable bonds is 5. The quantitative estimate of drug-likeness (QED) is 0.721. The van der Waals surface area contributed by atoms with Crippen molar-refractivity contribution in [2.24, 2.45) is 0 Å². The van der Waals surface area contributed by atoms with Gasteiger partial charge in [-0.15, -0.1) is 6.58 Å². The molecule has 2 nitrogen and oxygen atoms in total. The van der Waals surface area contributed by atoms with Crippen molar-refractivity contribution in [1.82, 2.24) is 10.3 Å². The molecule has 0 saturated heterocycles. The van der Waals surface area contributed by atoms with Crippen LogP contribution >= 0.6 is 0 Å². The average Bonchev–Trinajstić information content (AvgIpc) is 2.17. The summed E-state index contributed by atoms with van der Waals surface area (Å²) in [6, 6.07) is 4.61. The van der Waals surface area contributed by atoms with Crippen molar-refractivity contribution >= 4 is 0 Å². The second kappa shape index (κ2) is 5.55. The number of aromatic nitrogens is 1. The molecule has 0 aliphatic rings. The summed E-state index contributed by atoms with van der Waals surface area (Å²) < 4.78 is 0. The van der Waals surface area contributed by atoms with Crippen LogP contribution in [0.5, 0.6) is 0 Å². The highest BCUT2D eigenvalue weighted by Crippen LogP contribution is 1.99. The van der Waals surface area contributed by atoms with Crippen molar-refractivity contribution < 1.29 is 0 Å². The molecule has 0 bridgehead atoms. The lowest BCUT2D eigenvalue weighted by Crippen LogP contribution is -2.25. The van der Waals surface area contributed by atoms with Crippen LogP contribution in [-0.4, -0.2) is 11.0 Å². The second-order valence-electron chi connectivity index (χ2n) is 3.63. The number of nitrogens with one attached hydrogen (secondary N) is 1. The lowest BCUT2D eigenvalue weighted by Gasteiger charge is -2.10. The highest BCUT2D eigenvalue weighted by atomic mass is 14.9. The summed E-state index contributed by atoms with van der Waals surface area (Å²) >= 11 is 0. The standard InChI is InChI=1S/C12H18N2/c1-4-5-11(3)13-9-12-7-6-10(2)8-14-12/h4,6-8,11,13H,1,5,9H2,2-3H3. The molecule has 0 aromatic carbocycles. The van der Waals surface area contributed by atoms with Crippen LogP contribution in [0.2, 0.25) is 0 Å². The van der Waals surface area contributed by atoms with E-state index in [4.69, 9.17) is 0 Å². The van der Waals surface area contributed by atoms with Gasteiger partial charge in [-0.25, -0.2) is 0 Å². The molecule has 0 aliphatic heterocycles. The summed E-state index contributed by atoms with van der Waals surface area (Å²) in [6.45, 7) is 8.74. The molecule has 1 aromatic rings. The maximum absolute atomic E-state index is 4.32. The van der Waals surface area contributed by atoms with E-state index in [1.807, 2.05) is 19.2 Å². The number of nitrogens with zero attached hydrogens (tertiary/aromatic N) is 1. The third kappa shape index (κ3) is 3.71. The van der Waals surface area contributed by atoms with Crippen molar-refractivity contribution in [3.63, 3.8) is 0 Å². The minimum atomic E-state index is 0.468. The summed E-state index contributed by atoms with van der Waals surface area (Å²) in [7, 11) is 0. The van der Waals surface area contributed by atoms with E-state index in [-0.39, 0.29) is 0 Å². The van der Waals surface area contributed by atoms with Crippen molar-refractivity contribution in [2.45, 2.75) is 32.9 Å². The molecule has 1 heterocycles. The van der Waals surface area contributed by atoms with Crippen LogP contribution in [0.15, 0.2) is 31.0 Å². The van der Waals surface area contributed by atoms with Gasteiger partial charge in [0, 0.05) is 18.8 Å². The summed E-state index contributed by atoms with van der Waals surface area (Å²) in [4.78, 5) is 4.32. The highest BCUT2D eigenvalue weighted by Gasteiger charge is 1.99. The minimum absolute atomic E-state index is 0.468. The van der Waals surface area contributed by atoms with E-state index in [1.165, 1.54) is 5.56 Å². The van der Waals surface area contributed by atoms with Crippen molar-refractivity contribution in [3.8, 4) is 0 Å². The molecule has 1 rings (SSSR count). The Kier molecular flexibility index (Phi) is 4.33. The topological polar surface area (TPSA) is 24.9 Å². The average molecular weight is 190 g/mol. The molecular weight excluding hydrogens is 172 g/mol. The Bertz CT molecular complexity index is 277. The first-order valence-electron chi connectivity index (χ1n) is 4.98. The molecule has 0 fully saturated rings. The van der Waals surface area contributed by atoms with Crippen LogP contribution in [0, 0.1) is 6.92 Å². The zero-order valence-corrected chi connectivity index (χ0v) is 8.96. The van der Waals surface area contributed by atoms with Crippen molar-refractivity contribution in [1.29, 1.82) is 0 Å². The molecule has 0 radical (unpaired) electrons. The minimum Gasteiger partial charge on any atom is -0.308 e. The maximum Gasteiger partial charge on any atom is 0.0541 e. The summed E-state index contributed by atoms with van der Waals surface area (Å²) in [5.74, 6) is 0. The largest absolute Gasteiger partial charge is 0.308 e. The molecule has 1 N–H and O–H groups in total. The summed E-state index contributed by atoms with van der Waals surface area (Å²) in [5, 5.41) is 3.39.